The fourth-order valence-electron chi connectivity index (χ4n) is 3.44. The second kappa shape index (κ2) is 6.10. The van der Waals surface area contributed by atoms with Gasteiger partial charge >= 0.3 is 0 Å². The van der Waals surface area contributed by atoms with Crippen LogP contribution in [-0.4, -0.2) is 24.0 Å². The van der Waals surface area contributed by atoms with Gasteiger partial charge < -0.3 is 10.2 Å². The average molecular weight is 264 g/mol. The zero-order valence-corrected chi connectivity index (χ0v) is 12.7. The fraction of sp³-hybridized carbons (Fsp3) is 0.750. The molecule has 0 radical (unpaired) electrons. The van der Waals surface area contributed by atoms with Gasteiger partial charge in [-0.2, -0.15) is 0 Å². The zero-order valence-electron chi connectivity index (χ0n) is 12.7. The normalized spacial score (nSPS) is 27.5. The average Bonchev–Trinajstić information content (AvgIpc) is 2.75. The Morgan fingerprint density at radius 2 is 2.11 bits per heavy atom. The Bertz CT molecular complexity index is 399. The first-order valence-corrected chi connectivity index (χ1v) is 7.53. The van der Waals surface area contributed by atoms with Crippen LogP contribution >= 0.6 is 0 Å². The summed E-state index contributed by atoms with van der Waals surface area (Å²) >= 11 is 0. The maximum atomic E-state index is 6.22. The van der Waals surface area contributed by atoms with Gasteiger partial charge in [-0.15, -0.1) is 0 Å². The molecule has 0 saturated heterocycles. The van der Waals surface area contributed by atoms with E-state index in [1.807, 2.05) is 13.0 Å². The van der Waals surface area contributed by atoms with E-state index in [0.717, 1.165) is 17.4 Å². The monoisotopic (exact) mass is 264 g/mol. The lowest BCUT2D eigenvalue weighted by molar-refractivity contribution is 0.0933. The Balaban J connectivity index is 2.14. The van der Waals surface area contributed by atoms with Gasteiger partial charge in [-0.05, 0) is 51.8 Å². The Morgan fingerprint density at radius 1 is 1.37 bits per heavy atom. The summed E-state index contributed by atoms with van der Waals surface area (Å²) in [5, 5.41) is 0. The van der Waals surface area contributed by atoms with E-state index in [0.29, 0.717) is 6.04 Å². The molecule has 1 aromatic heterocycles. The van der Waals surface area contributed by atoms with Crippen LogP contribution in [0.2, 0.25) is 0 Å². The van der Waals surface area contributed by atoms with Gasteiger partial charge in [0.25, 0.3) is 0 Å². The van der Waals surface area contributed by atoms with E-state index in [4.69, 9.17) is 10.2 Å². The topological polar surface area (TPSA) is 42.4 Å². The van der Waals surface area contributed by atoms with Crippen molar-refractivity contribution in [2.75, 3.05) is 7.05 Å². The molecule has 108 valence electrons. The standard InChI is InChI=1S/C16H28N2O/c1-11-6-5-7-14(10-11)18(4)16(13(3)17)15-9-8-12(2)19-15/h8-9,11,13-14,16H,5-7,10,17H2,1-4H3. The molecule has 4 atom stereocenters. The summed E-state index contributed by atoms with van der Waals surface area (Å²) in [4.78, 5) is 2.44. The Kier molecular flexibility index (Phi) is 4.69. The van der Waals surface area contributed by atoms with Crippen molar-refractivity contribution in [1.82, 2.24) is 4.90 Å². The number of rotatable bonds is 4. The van der Waals surface area contributed by atoms with Crippen molar-refractivity contribution in [3.8, 4) is 0 Å². The zero-order chi connectivity index (χ0) is 14.0. The second-order valence-electron chi connectivity index (χ2n) is 6.34. The van der Waals surface area contributed by atoms with E-state index >= 15 is 0 Å². The predicted molar refractivity (Wildman–Crippen MR) is 79.0 cm³/mol. The molecule has 3 heteroatoms. The highest BCUT2D eigenvalue weighted by Crippen LogP contribution is 2.33. The van der Waals surface area contributed by atoms with Gasteiger partial charge in [0.2, 0.25) is 0 Å². The molecule has 1 saturated carbocycles. The lowest BCUT2D eigenvalue weighted by atomic mass is 9.85. The van der Waals surface area contributed by atoms with Crippen LogP contribution in [0, 0.1) is 12.8 Å². The number of hydrogen-bond donors (Lipinski definition) is 1. The summed E-state index contributed by atoms with van der Waals surface area (Å²) in [6, 6.07) is 5.00. The molecule has 0 bridgehead atoms. The first-order valence-electron chi connectivity index (χ1n) is 7.53. The Hall–Kier alpha value is -0.800. The molecule has 1 aromatic rings. The van der Waals surface area contributed by atoms with Crippen LogP contribution in [0.15, 0.2) is 16.5 Å². The molecular weight excluding hydrogens is 236 g/mol. The molecule has 0 amide bonds. The van der Waals surface area contributed by atoms with Crippen molar-refractivity contribution in [3.63, 3.8) is 0 Å². The third kappa shape index (κ3) is 3.40. The van der Waals surface area contributed by atoms with E-state index < -0.39 is 0 Å². The van der Waals surface area contributed by atoms with Gasteiger partial charge in [0.05, 0.1) is 6.04 Å². The predicted octanol–water partition coefficient (Wildman–Crippen LogP) is 3.49. The van der Waals surface area contributed by atoms with Gasteiger partial charge in [0.1, 0.15) is 11.5 Å². The first kappa shape index (κ1) is 14.6. The van der Waals surface area contributed by atoms with Crippen LogP contribution in [0.1, 0.15) is 57.1 Å². The van der Waals surface area contributed by atoms with Crippen molar-refractivity contribution in [2.24, 2.45) is 11.7 Å². The molecule has 0 aliphatic heterocycles. The van der Waals surface area contributed by atoms with Crippen molar-refractivity contribution >= 4 is 0 Å². The van der Waals surface area contributed by atoms with Gasteiger partial charge in [-0.1, -0.05) is 19.8 Å². The maximum Gasteiger partial charge on any atom is 0.122 e. The van der Waals surface area contributed by atoms with Crippen LogP contribution < -0.4 is 5.73 Å². The third-order valence-electron chi connectivity index (χ3n) is 4.47. The largest absolute Gasteiger partial charge is 0.465 e. The lowest BCUT2D eigenvalue weighted by Gasteiger charge is -2.39. The number of furan rings is 1. The maximum absolute atomic E-state index is 6.22. The Morgan fingerprint density at radius 3 is 2.63 bits per heavy atom. The summed E-state index contributed by atoms with van der Waals surface area (Å²) in [7, 11) is 2.20. The second-order valence-corrected chi connectivity index (χ2v) is 6.34. The summed E-state index contributed by atoms with van der Waals surface area (Å²) < 4.78 is 5.82. The van der Waals surface area contributed by atoms with Crippen LogP contribution in [0.4, 0.5) is 0 Å². The van der Waals surface area contributed by atoms with E-state index in [2.05, 4.69) is 31.9 Å². The van der Waals surface area contributed by atoms with E-state index in [9.17, 15) is 0 Å². The van der Waals surface area contributed by atoms with Crippen LogP contribution in [0.5, 0.6) is 0 Å². The Labute approximate surface area is 117 Å². The summed E-state index contributed by atoms with van der Waals surface area (Å²) in [6.45, 7) is 6.42. The molecule has 0 aromatic carbocycles. The molecule has 1 heterocycles. The van der Waals surface area contributed by atoms with E-state index in [1.165, 1.54) is 25.7 Å². The molecule has 2 rings (SSSR count). The van der Waals surface area contributed by atoms with Crippen LogP contribution in [-0.2, 0) is 0 Å². The number of hydrogen-bond acceptors (Lipinski definition) is 3. The number of likely N-dealkylation sites (N-methyl/N-ethyl adjacent to an activating group) is 1. The van der Waals surface area contributed by atoms with Crippen LogP contribution in [0.3, 0.4) is 0 Å². The van der Waals surface area contributed by atoms with Gasteiger partial charge in [0.15, 0.2) is 0 Å². The smallest absolute Gasteiger partial charge is 0.122 e. The molecule has 2 N–H and O–H groups in total. The molecule has 1 fully saturated rings. The van der Waals surface area contributed by atoms with Crippen molar-refractivity contribution in [1.29, 1.82) is 0 Å². The molecule has 0 spiro atoms. The number of nitrogens with zero attached hydrogens (tertiary/aromatic N) is 1. The first-order chi connectivity index (χ1) is 8.99. The molecule has 1 aliphatic carbocycles. The minimum absolute atomic E-state index is 0.0767. The minimum atomic E-state index is 0.0767. The molecule has 1 aliphatic rings. The SMILES string of the molecule is Cc1ccc(C(C(C)N)N(C)C2CCCC(C)C2)o1. The number of nitrogens with two attached hydrogens (primary N) is 1. The summed E-state index contributed by atoms with van der Waals surface area (Å²) in [5.74, 6) is 2.80. The lowest BCUT2D eigenvalue weighted by Crippen LogP contribution is -2.44. The minimum Gasteiger partial charge on any atom is -0.465 e. The van der Waals surface area contributed by atoms with Gasteiger partial charge in [0, 0.05) is 12.1 Å². The molecule has 19 heavy (non-hydrogen) atoms. The van der Waals surface area contributed by atoms with Crippen molar-refractivity contribution < 1.29 is 4.42 Å². The number of aryl methyl sites for hydroxylation is 1. The highest BCUT2D eigenvalue weighted by Gasteiger charge is 2.31. The van der Waals surface area contributed by atoms with Crippen molar-refractivity contribution in [2.45, 2.75) is 64.6 Å². The van der Waals surface area contributed by atoms with Gasteiger partial charge in [-0.3, -0.25) is 4.90 Å². The highest BCUT2D eigenvalue weighted by atomic mass is 16.3. The molecular formula is C16H28N2O. The van der Waals surface area contributed by atoms with Crippen molar-refractivity contribution in [3.05, 3.63) is 23.7 Å². The fourth-order valence-corrected chi connectivity index (χ4v) is 3.44. The summed E-state index contributed by atoms with van der Waals surface area (Å²) in [5.41, 5.74) is 6.22. The molecule has 4 unspecified atom stereocenters. The van der Waals surface area contributed by atoms with E-state index in [-0.39, 0.29) is 12.1 Å². The van der Waals surface area contributed by atoms with E-state index in [1.54, 1.807) is 0 Å². The van der Waals surface area contributed by atoms with Crippen LogP contribution in [0.25, 0.3) is 0 Å². The van der Waals surface area contributed by atoms with Gasteiger partial charge in [-0.25, -0.2) is 0 Å². The summed E-state index contributed by atoms with van der Waals surface area (Å²) in [6.07, 6.45) is 5.26. The third-order valence-corrected chi connectivity index (χ3v) is 4.47. The highest BCUT2D eigenvalue weighted by molar-refractivity contribution is 5.12. The molecule has 3 nitrogen and oxygen atoms in total. The quantitative estimate of drug-likeness (QED) is 0.905.